The van der Waals surface area contributed by atoms with Crippen LogP contribution in [0.4, 0.5) is 0 Å². The highest BCUT2D eigenvalue weighted by Crippen LogP contribution is 2.19. The molecule has 0 aliphatic heterocycles. The standard InChI is InChI=1S/C11H26N4O/c1-10(6-4-8-12)14-15-11(2,16-3)7-5-9-13/h10H,4-9,12-13H2,1-3H3. The number of hydrogen-bond donors (Lipinski definition) is 2. The van der Waals surface area contributed by atoms with Crippen molar-refractivity contribution in [1.29, 1.82) is 0 Å². The highest BCUT2D eigenvalue weighted by molar-refractivity contribution is 4.71. The molecule has 5 nitrogen and oxygen atoms in total. The quantitative estimate of drug-likeness (QED) is 0.591. The first-order valence-corrected chi connectivity index (χ1v) is 5.95. The third-order valence-corrected chi connectivity index (χ3v) is 2.58. The fourth-order valence-corrected chi connectivity index (χ4v) is 1.31. The third kappa shape index (κ3) is 6.87. The number of azo groups is 1. The van der Waals surface area contributed by atoms with Crippen LogP contribution in [0.2, 0.25) is 0 Å². The van der Waals surface area contributed by atoms with Gasteiger partial charge in [0.05, 0.1) is 6.04 Å². The average Bonchev–Trinajstić information content (AvgIpc) is 2.31. The number of methoxy groups -OCH3 is 1. The molecule has 0 spiro atoms. The maximum Gasteiger partial charge on any atom is 0.175 e. The minimum Gasteiger partial charge on any atom is -0.356 e. The van der Waals surface area contributed by atoms with Crippen LogP contribution in [0.15, 0.2) is 10.2 Å². The SMILES string of the molecule is COC(C)(CCCN)N=NC(C)CCCN. The maximum absolute atomic E-state index is 5.47. The molecule has 0 amide bonds. The van der Waals surface area contributed by atoms with E-state index < -0.39 is 5.72 Å². The van der Waals surface area contributed by atoms with Gasteiger partial charge in [0.25, 0.3) is 0 Å². The summed E-state index contributed by atoms with van der Waals surface area (Å²) in [7, 11) is 1.65. The van der Waals surface area contributed by atoms with E-state index >= 15 is 0 Å². The first kappa shape index (κ1) is 15.5. The van der Waals surface area contributed by atoms with Crippen molar-refractivity contribution >= 4 is 0 Å². The minimum atomic E-state index is -0.531. The van der Waals surface area contributed by atoms with E-state index in [0.717, 1.165) is 25.7 Å². The zero-order valence-electron chi connectivity index (χ0n) is 10.8. The van der Waals surface area contributed by atoms with Gasteiger partial charge in [0, 0.05) is 7.11 Å². The highest BCUT2D eigenvalue weighted by Gasteiger charge is 2.22. The third-order valence-electron chi connectivity index (χ3n) is 2.58. The molecule has 4 N–H and O–H groups in total. The number of hydrogen-bond acceptors (Lipinski definition) is 5. The molecule has 0 radical (unpaired) electrons. The van der Waals surface area contributed by atoms with Crippen molar-refractivity contribution < 1.29 is 4.74 Å². The van der Waals surface area contributed by atoms with Crippen LogP contribution in [0.25, 0.3) is 0 Å². The Balaban J connectivity index is 4.11. The summed E-state index contributed by atoms with van der Waals surface area (Å²) in [6.07, 6.45) is 3.64. The lowest BCUT2D eigenvalue weighted by Gasteiger charge is -2.22. The van der Waals surface area contributed by atoms with Crippen molar-refractivity contribution in [2.24, 2.45) is 21.7 Å². The Morgan fingerprint density at radius 3 is 2.38 bits per heavy atom. The summed E-state index contributed by atoms with van der Waals surface area (Å²) < 4.78 is 5.35. The van der Waals surface area contributed by atoms with E-state index in [1.54, 1.807) is 7.11 Å². The zero-order valence-corrected chi connectivity index (χ0v) is 10.8. The molecule has 0 aromatic heterocycles. The summed E-state index contributed by atoms with van der Waals surface area (Å²) >= 11 is 0. The normalized spacial score (nSPS) is 17.6. The molecule has 5 heteroatoms. The molecule has 0 heterocycles. The molecule has 0 aliphatic rings. The van der Waals surface area contributed by atoms with E-state index in [2.05, 4.69) is 10.2 Å². The molecule has 0 saturated heterocycles. The maximum atomic E-state index is 5.47. The van der Waals surface area contributed by atoms with Crippen molar-refractivity contribution in [3.05, 3.63) is 0 Å². The molecular formula is C11H26N4O. The summed E-state index contributed by atoms with van der Waals surface area (Å²) in [6.45, 7) is 5.33. The first-order chi connectivity index (χ1) is 7.58. The molecule has 0 rings (SSSR count). The second-order valence-corrected chi connectivity index (χ2v) is 4.27. The van der Waals surface area contributed by atoms with Crippen molar-refractivity contribution in [3.8, 4) is 0 Å². The van der Waals surface area contributed by atoms with Gasteiger partial charge in [0.2, 0.25) is 0 Å². The van der Waals surface area contributed by atoms with E-state index in [1.807, 2.05) is 13.8 Å². The molecular weight excluding hydrogens is 204 g/mol. The van der Waals surface area contributed by atoms with Gasteiger partial charge in [-0.1, -0.05) is 0 Å². The van der Waals surface area contributed by atoms with Gasteiger partial charge < -0.3 is 16.2 Å². The average molecular weight is 230 g/mol. The highest BCUT2D eigenvalue weighted by atomic mass is 16.5. The number of ether oxygens (including phenoxy) is 1. The number of nitrogens with two attached hydrogens (primary N) is 2. The van der Waals surface area contributed by atoms with Gasteiger partial charge in [0.15, 0.2) is 5.72 Å². The van der Waals surface area contributed by atoms with Crippen LogP contribution in [0, 0.1) is 0 Å². The number of rotatable bonds is 9. The summed E-state index contributed by atoms with van der Waals surface area (Å²) in [5.74, 6) is 0. The predicted molar refractivity (Wildman–Crippen MR) is 66.3 cm³/mol. The van der Waals surface area contributed by atoms with E-state index in [-0.39, 0.29) is 6.04 Å². The van der Waals surface area contributed by atoms with Gasteiger partial charge in [-0.25, -0.2) is 0 Å². The predicted octanol–water partition coefficient (Wildman–Crippen LogP) is 1.67. The van der Waals surface area contributed by atoms with Crippen LogP contribution in [0.1, 0.15) is 39.5 Å². The fourth-order valence-electron chi connectivity index (χ4n) is 1.31. The molecule has 0 aromatic rings. The molecule has 96 valence electrons. The monoisotopic (exact) mass is 230 g/mol. The number of nitrogens with zero attached hydrogens (tertiary/aromatic N) is 2. The van der Waals surface area contributed by atoms with E-state index in [4.69, 9.17) is 16.2 Å². The van der Waals surface area contributed by atoms with E-state index in [0.29, 0.717) is 13.1 Å². The lowest BCUT2D eigenvalue weighted by Crippen LogP contribution is -2.25. The molecule has 0 bridgehead atoms. The Morgan fingerprint density at radius 1 is 1.25 bits per heavy atom. The molecule has 2 atom stereocenters. The Bertz CT molecular complexity index is 198. The summed E-state index contributed by atoms with van der Waals surface area (Å²) in [5.41, 5.74) is 10.4. The van der Waals surface area contributed by atoms with E-state index in [9.17, 15) is 0 Å². The second-order valence-electron chi connectivity index (χ2n) is 4.27. The Hall–Kier alpha value is -0.520. The van der Waals surface area contributed by atoms with Crippen LogP contribution in [-0.2, 0) is 4.74 Å². The van der Waals surface area contributed by atoms with Crippen LogP contribution in [0.5, 0.6) is 0 Å². The smallest absolute Gasteiger partial charge is 0.175 e. The Morgan fingerprint density at radius 2 is 1.88 bits per heavy atom. The van der Waals surface area contributed by atoms with Gasteiger partial charge in [-0.2, -0.15) is 10.2 Å². The summed E-state index contributed by atoms with van der Waals surface area (Å²) in [5, 5.41) is 8.53. The van der Waals surface area contributed by atoms with Crippen molar-refractivity contribution in [3.63, 3.8) is 0 Å². The van der Waals surface area contributed by atoms with Crippen molar-refractivity contribution in [2.75, 3.05) is 20.2 Å². The zero-order chi connectivity index (χ0) is 12.4. The fraction of sp³-hybridized carbons (Fsp3) is 1.00. The van der Waals surface area contributed by atoms with Gasteiger partial charge in [-0.05, 0) is 52.6 Å². The lowest BCUT2D eigenvalue weighted by atomic mass is 10.1. The second kappa shape index (κ2) is 8.61. The van der Waals surface area contributed by atoms with Crippen LogP contribution >= 0.6 is 0 Å². The minimum absolute atomic E-state index is 0.205. The van der Waals surface area contributed by atoms with Crippen LogP contribution in [0.3, 0.4) is 0 Å². The lowest BCUT2D eigenvalue weighted by molar-refractivity contribution is -0.00185. The van der Waals surface area contributed by atoms with Gasteiger partial charge in [0.1, 0.15) is 0 Å². The van der Waals surface area contributed by atoms with E-state index in [1.165, 1.54) is 0 Å². The molecule has 0 fully saturated rings. The van der Waals surface area contributed by atoms with Crippen molar-refractivity contribution in [1.82, 2.24) is 0 Å². The molecule has 0 saturated carbocycles. The first-order valence-electron chi connectivity index (χ1n) is 5.95. The molecule has 2 unspecified atom stereocenters. The Labute approximate surface area is 98.6 Å². The van der Waals surface area contributed by atoms with Gasteiger partial charge >= 0.3 is 0 Å². The van der Waals surface area contributed by atoms with Crippen molar-refractivity contribution in [2.45, 2.75) is 51.3 Å². The molecule has 0 aliphatic carbocycles. The molecule has 0 aromatic carbocycles. The topological polar surface area (TPSA) is 86.0 Å². The summed E-state index contributed by atoms with van der Waals surface area (Å²) in [4.78, 5) is 0. The summed E-state index contributed by atoms with van der Waals surface area (Å²) in [6, 6.07) is 0.205. The van der Waals surface area contributed by atoms with Gasteiger partial charge in [-0.3, -0.25) is 0 Å². The Kier molecular flexibility index (Phi) is 8.33. The molecule has 16 heavy (non-hydrogen) atoms. The van der Waals surface area contributed by atoms with Gasteiger partial charge in [-0.15, -0.1) is 0 Å². The van der Waals surface area contributed by atoms with Crippen LogP contribution < -0.4 is 11.5 Å². The van der Waals surface area contributed by atoms with Crippen LogP contribution in [-0.4, -0.2) is 32.0 Å². The largest absolute Gasteiger partial charge is 0.356 e.